The summed E-state index contributed by atoms with van der Waals surface area (Å²) in [5.74, 6) is 1.26. The molecule has 0 aliphatic carbocycles. The van der Waals surface area contributed by atoms with Gasteiger partial charge < -0.3 is 9.73 Å². The number of aromatic nitrogens is 3. The number of hydrogen-bond donors (Lipinski definition) is 1. The van der Waals surface area contributed by atoms with Crippen molar-refractivity contribution in [1.29, 1.82) is 0 Å². The van der Waals surface area contributed by atoms with Crippen LogP contribution in [0.4, 0.5) is 4.39 Å². The Hall–Kier alpha value is -2.65. The van der Waals surface area contributed by atoms with Crippen molar-refractivity contribution in [2.24, 2.45) is 0 Å². The first-order valence-corrected chi connectivity index (χ1v) is 11.9. The molecule has 9 heteroatoms. The highest BCUT2D eigenvalue weighted by atomic mass is 32.2. The number of hydrogen-bond acceptors (Lipinski definition) is 6. The summed E-state index contributed by atoms with van der Waals surface area (Å²) >= 11 is 1.31. The Balaban J connectivity index is 1.52. The average Bonchev–Trinajstić information content (AvgIpc) is 3.49. The van der Waals surface area contributed by atoms with E-state index in [1.165, 1.54) is 43.2 Å². The number of nitrogens with zero attached hydrogens (tertiary/aromatic N) is 4. The van der Waals surface area contributed by atoms with Crippen molar-refractivity contribution in [3.8, 4) is 5.69 Å². The van der Waals surface area contributed by atoms with Crippen LogP contribution >= 0.6 is 11.8 Å². The van der Waals surface area contributed by atoms with E-state index in [2.05, 4.69) is 27.3 Å². The summed E-state index contributed by atoms with van der Waals surface area (Å²) in [5, 5.41) is 12.4. The van der Waals surface area contributed by atoms with Gasteiger partial charge in [0.25, 0.3) is 0 Å². The quantitative estimate of drug-likeness (QED) is 0.502. The highest BCUT2D eigenvalue weighted by Gasteiger charge is 2.26. The number of piperidine rings is 1. The zero-order valence-corrected chi connectivity index (χ0v) is 19.1. The van der Waals surface area contributed by atoms with E-state index in [9.17, 15) is 9.18 Å². The van der Waals surface area contributed by atoms with Gasteiger partial charge in [-0.25, -0.2) is 4.39 Å². The zero-order valence-electron chi connectivity index (χ0n) is 18.3. The average molecular weight is 458 g/mol. The van der Waals surface area contributed by atoms with Gasteiger partial charge in [0.15, 0.2) is 11.0 Å². The van der Waals surface area contributed by atoms with Crippen molar-refractivity contribution in [2.45, 2.75) is 50.4 Å². The summed E-state index contributed by atoms with van der Waals surface area (Å²) in [7, 11) is 0. The number of carbonyl (C=O) groups excluding carboxylic acids is 1. The molecular weight excluding hydrogens is 429 g/mol. The first kappa shape index (κ1) is 22.5. The molecule has 3 aromatic rings. The smallest absolute Gasteiger partial charge is 0.231 e. The summed E-state index contributed by atoms with van der Waals surface area (Å²) in [5.41, 5.74) is 0.780. The highest BCUT2D eigenvalue weighted by Crippen LogP contribution is 2.29. The van der Waals surface area contributed by atoms with Crippen LogP contribution in [0, 0.1) is 5.82 Å². The molecule has 0 radical (unpaired) electrons. The molecule has 1 aliphatic rings. The number of carbonyl (C=O) groups is 1. The van der Waals surface area contributed by atoms with Crippen LogP contribution in [0.15, 0.2) is 52.2 Å². The second-order valence-electron chi connectivity index (χ2n) is 8.02. The van der Waals surface area contributed by atoms with Crippen LogP contribution in [0.2, 0.25) is 0 Å². The molecule has 0 spiro atoms. The van der Waals surface area contributed by atoms with E-state index in [-0.39, 0.29) is 29.6 Å². The van der Waals surface area contributed by atoms with Crippen LogP contribution in [0.5, 0.6) is 0 Å². The van der Waals surface area contributed by atoms with Gasteiger partial charge >= 0.3 is 0 Å². The number of thioether (sulfide) groups is 1. The number of halogens is 1. The van der Waals surface area contributed by atoms with Crippen LogP contribution in [0.3, 0.4) is 0 Å². The first-order valence-electron chi connectivity index (χ1n) is 10.9. The largest absolute Gasteiger partial charge is 0.467 e. The van der Waals surface area contributed by atoms with Crippen LogP contribution in [-0.4, -0.2) is 44.4 Å². The Bertz CT molecular complexity index is 1020. The molecule has 170 valence electrons. The van der Waals surface area contributed by atoms with Crippen molar-refractivity contribution in [3.05, 3.63) is 60.1 Å². The first-order chi connectivity index (χ1) is 15.5. The minimum absolute atomic E-state index is 0.0648. The van der Waals surface area contributed by atoms with Crippen LogP contribution < -0.4 is 5.32 Å². The van der Waals surface area contributed by atoms with Crippen LogP contribution in [-0.2, 0) is 4.79 Å². The van der Waals surface area contributed by atoms with Gasteiger partial charge in [-0.3, -0.25) is 14.3 Å². The van der Waals surface area contributed by atoms with E-state index in [0.717, 1.165) is 24.6 Å². The van der Waals surface area contributed by atoms with Gasteiger partial charge in [-0.05, 0) is 76.2 Å². The van der Waals surface area contributed by atoms with Crippen molar-refractivity contribution >= 4 is 17.7 Å². The highest BCUT2D eigenvalue weighted by molar-refractivity contribution is 7.99. The third-order valence-corrected chi connectivity index (χ3v) is 6.66. The molecule has 2 aromatic heterocycles. The molecule has 4 rings (SSSR count). The van der Waals surface area contributed by atoms with E-state index < -0.39 is 0 Å². The minimum atomic E-state index is -0.298. The maximum Gasteiger partial charge on any atom is 0.231 e. The molecule has 1 aliphatic heterocycles. The van der Waals surface area contributed by atoms with Crippen molar-refractivity contribution in [3.63, 3.8) is 0 Å². The lowest BCUT2D eigenvalue weighted by Crippen LogP contribution is -2.33. The van der Waals surface area contributed by atoms with Gasteiger partial charge in [-0.15, -0.1) is 10.2 Å². The second kappa shape index (κ2) is 10.3. The number of rotatable bonds is 8. The monoisotopic (exact) mass is 457 g/mol. The van der Waals surface area contributed by atoms with Crippen LogP contribution in [0.1, 0.15) is 56.8 Å². The molecule has 7 nitrogen and oxygen atoms in total. The molecule has 32 heavy (non-hydrogen) atoms. The minimum Gasteiger partial charge on any atom is -0.467 e. The predicted octanol–water partition coefficient (Wildman–Crippen LogP) is 4.52. The topological polar surface area (TPSA) is 76.2 Å². The zero-order chi connectivity index (χ0) is 22.5. The van der Waals surface area contributed by atoms with E-state index >= 15 is 0 Å². The van der Waals surface area contributed by atoms with Gasteiger partial charge in [0.05, 0.1) is 24.1 Å². The Labute approximate surface area is 191 Å². The Morgan fingerprint density at radius 2 is 1.91 bits per heavy atom. The summed E-state index contributed by atoms with van der Waals surface area (Å²) in [6.45, 7) is 6.04. The fraction of sp³-hybridized carbons (Fsp3) is 0.435. The van der Waals surface area contributed by atoms with Gasteiger partial charge in [0, 0.05) is 5.69 Å². The van der Waals surface area contributed by atoms with Gasteiger partial charge in [-0.2, -0.15) is 0 Å². The molecule has 1 saturated heterocycles. The van der Waals surface area contributed by atoms with Gasteiger partial charge in [-0.1, -0.05) is 18.2 Å². The third kappa shape index (κ3) is 5.21. The summed E-state index contributed by atoms with van der Waals surface area (Å²) in [6, 6.07) is 9.76. The van der Waals surface area contributed by atoms with Crippen molar-refractivity contribution < 1.29 is 13.6 Å². The Kier molecular flexibility index (Phi) is 7.26. The lowest BCUT2D eigenvalue weighted by molar-refractivity contribution is -0.119. The number of amides is 1. The number of likely N-dealkylation sites (tertiary alicyclic amines) is 1. The summed E-state index contributed by atoms with van der Waals surface area (Å²) < 4.78 is 20.8. The molecule has 1 fully saturated rings. The molecule has 1 aromatic carbocycles. The predicted molar refractivity (Wildman–Crippen MR) is 121 cm³/mol. The standard InChI is InChI=1S/C23H28FN5O2S/c1-16(20-7-6-14-31-20)25-21(30)15-32-23-27-26-22(17(2)28-12-4-3-5-13-28)29(23)19-10-8-18(24)9-11-19/h6-11,14,16-17H,3-5,12-13,15H2,1-2H3,(H,25,30)/t16-,17-/m1/s1. The second-order valence-corrected chi connectivity index (χ2v) is 8.96. The number of furan rings is 1. The Morgan fingerprint density at radius 1 is 1.16 bits per heavy atom. The van der Waals surface area contributed by atoms with E-state index in [4.69, 9.17) is 4.42 Å². The van der Waals surface area contributed by atoms with E-state index in [0.29, 0.717) is 10.9 Å². The van der Waals surface area contributed by atoms with Crippen LogP contribution in [0.25, 0.3) is 5.69 Å². The molecule has 0 unspecified atom stereocenters. The van der Waals surface area contributed by atoms with Crippen molar-refractivity contribution in [1.82, 2.24) is 25.0 Å². The van der Waals surface area contributed by atoms with Gasteiger partial charge in [0.1, 0.15) is 11.6 Å². The maximum atomic E-state index is 13.6. The Morgan fingerprint density at radius 3 is 2.59 bits per heavy atom. The van der Waals surface area contributed by atoms with E-state index in [1.54, 1.807) is 24.5 Å². The number of nitrogens with one attached hydrogen (secondary N) is 1. The molecule has 3 heterocycles. The molecule has 0 bridgehead atoms. The fourth-order valence-electron chi connectivity index (χ4n) is 3.97. The molecule has 1 amide bonds. The normalized spacial score (nSPS) is 16.6. The number of benzene rings is 1. The summed E-state index contributed by atoms with van der Waals surface area (Å²) in [4.78, 5) is 14.9. The molecular formula is C23H28FN5O2S. The van der Waals surface area contributed by atoms with Crippen molar-refractivity contribution in [2.75, 3.05) is 18.8 Å². The fourth-order valence-corrected chi connectivity index (χ4v) is 4.74. The third-order valence-electron chi connectivity index (χ3n) is 5.74. The SMILES string of the molecule is C[C@H](c1nnc(SCC(=O)N[C@H](C)c2ccco2)n1-c1ccc(F)cc1)N1CCCCC1. The summed E-state index contributed by atoms with van der Waals surface area (Å²) in [6.07, 6.45) is 5.18. The lowest BCUT2D eigenvalue weighted by atomic mass is 10.1. The van der Waals surface area contributed by atoms with E-state index in [1.807, 2.05) is 17.6 Å². The maximum absolute atomic E-state index is 13.6. The molecule has 0 saturated carbocycles. The molecule has 2 atom stereocenters. The van der Waals surface area contributed by atoms with Gasteiger partial charge in [0.2, 0.25) is 5.91 Å². The molecule has 1 N–H and O–H groups in total. The lowest BCUT2D eigenvalue weighted by Gasteiger charge is -2.31.